The minimum atomic E-state index is 0.250. The van der Waals surface area contributed by atoms with Gasteiger partial charge in [-0.25, -0.2) is 4.39 Å². The summed E-state index contributed by atoms with van der Waals surface area (Å²) in [5.74, 6) is 0. The normalized spacial score (nSPS) is 5.88. The Bertz CT molecular complexity index is 63.4. The van der Waals surface area contributed by atoms with E-state index in [1.165, 1.54) is 4.90 Å². The van der Waals surface area contributed by atoms with Crippen LogP contribution in [0.15, 0.2) is 12.9 Å². The Morgan fingerprint density at radius 1 is 1.62 bits per heavy atom. The molecule has 0 rings (SSSR count). The van der Waals surface area contributed by atoms with Crippen LogP contribution < -0.4 is 0 Å². The van der Waals surface area contributed by atoms with Crippen molar-refractivity contribution in [3.05, 3.63) is 12.9 Å². The minimum absolute atomic E-state index is 0.250. The summed E-state index contributed by atoms with van der Waals surface area (Å²) >= 11 is 0. The summed E-state index contributed by atoms with van der Waals surface area (Å²) in [5.41, 5.74) is 0. The van der Waals surface area contributed by atoms with E-state index >= 15 is 0 Å². The molecule has 3 heteroatoms. The van der Waals surface area contributed by atoms with Gasteiger partial charge in [0.15, 0.2) is 0 Å². The molecule has 0 spiro atoms. The summed E-state index contributed by atoms with van der Waals surface area (Å²) in [6, 6.07) is 0. The molecule has 0 aliphatic rings. The van der Waals surface area contributed by atoms with Crippen molar-refractivity contribution in [1.29, 1.82) is 0 Å². The van der Waals surface area contributed by atoms with Crippen molar-refractivity contribution in [2.45, 2.75) is 0 Å². The first-order valence-corrected chi connectivity index (χ1v) is 2.01. The highest BCUT2D eigenvalue weighted by Crippen LogP contribution is 1.52. The number of halogens is 1. The smallest absolute Gasteiger partial charge is 0.209 e. The molecule has 0 fully saturated rings. The van der Waals surface area contributed by atoms with E-state index < -0.39 is 0 Å². The van der Waals surface area contributed by atoms with Gasteiger partial charge in [0.1, 0.15) is 0 Å². The van der Waals surface area contributed by atoms with E-state index in [0.29, 0.717) is 0 Å². The lowest BCUT2D eigenvalue weighted by atomic mass is 11.0. The molecule has 0 heterocycles. The second-order valence-corrected chi connectivity index (χ2v) is 1.22. The van der Waals surface area contributed by atoms with Crippen molar-refractivity contribution in [2.24, 2.45) is 0 Å². The van der Waals surface area contributed by atoms with Gasteiger partial charge in [-0.1, -0.05) is 6.58 Å². The van der Waals surface area contributed by atoms with Gasteiger partial charge in [-0.05, 0) is 0 Å². The highest BCUT2D eigenvalue weighted by Gasteiger charge is 1.68. The van der Waals surface area contributed by atoms with Crippen LogP contribution in [-0.4, -0.2) is 25.4 Å². The second kappa shape index (κ2) is 9.46. The van der Waals surface area contributed by atoms with Gasteiger partial charge < -0.3 is 4.90 Å². The molecule has 0 N–H and O–H groups in total. The summed E-state index contributed by atoms with van der Waals surface area (Å²) in [5, 5.41) is 0. The van der Waals surface area contributed by atoms with E-state index in [1.54, 1.807) is 14.1 Å². The number of amides is 1. The zero-order chi connectivity index (χ0) is 6.99. The maximum Gasteiger partial charge on any atom is 0.209 e. The van der Waals surface area contributed by atoms with E-state index in [9.17, 15) is 9.18 Å². The molecule has 0 aliphatic carbocycles. The Kier molecular flexibility index (Phi) is 12.1. The maximum absolute atomic E-state index is 10.1. The first-order chi connectivity index (χ1) is 3.68. The van der Waals surface area contributed by atoms with Crippen LogP contribution in [0.25, 0.3) is 0 Å². The average molecular weight is 119 g/mol. The molecule has 0 radical (unpaired) electrons. The molecule has 0 aliphatic heterocycles. The summed E-state index contributed by atoms with van der Waals surface area (Å²) in [6.45, 7) is 2.69. The summed E-state index contributed by atoms with van der Waals surface area (Å²) in [7, 11) is 3.38. The Morgan fingerprint density at radius 2 is 1.75 bits per heavy atom. The lowest BCUT2D eigenvalue weighted by Crippen LogP contribution is -2.06. The Morgan fingerprint density at radius 3 is 1.75 bits per heavy atom. The number of rotatable bonds is 1. The number of hydrogen-bond donors (Lipinski definition) is 0. The second-order valence-electron chi connectivity index (χ2n) is 1.22. The van der Waals surface area contributed by atoms with E-state index in [4.69, 9.17) is 0 Å². The molecular formula is C5H10FNO. The molecule has 48 valence electrons. The van der Waals surface area contributed by atoms with Crippen LogP contribution in [0.2, 0.25) is 0 Å². The molecule has 0 aromatic carbocycles. The largest absolute Gasteiger partial charge is 0.351 e. The van der Waals surface area contributed by atoms with Crippen LogP contribution in [0.5, 0.6) is 0 Å². The predicted octanol–water partition coefficient (Wildman–Crippen LogP) is 0.804. The van der Waals surface area contributed by atoms with Gasteiger partial charge in [-0.2, -0.15) is 0 Å². The minimum Gasteiger partial charge on any atom is -0.351 e. The van der Waals surface area contributed by atoms with Crippen LogP contribution in [0.1, 0.15) is 0 Å². The first kappa shape index (κ1) is 10.2. The standard InChI is InChI=1S/C3H7NO.C2H3F/c1-4(2)3-5;1-2-3/h3H,1-2H3;2H,1H2. The zero-order valence-corrected chi connectivity index (χ0v) is 5.10. The van der Waals surface area contributed by atoms with Gasteiger partial charge in [0.05, 0.1) is 6.33 Å². The molecule has 0 saturated heterocycles. The number of carbonyl (C=O) groups is 1. The zero-order valence-electron chi connectivity index (χ0n) is 5.10. The van der Waals surface area contributed by atoms with Gasteiger partial charge in [0, 0.05) is 14.1 Å². The molecule has 0 bridgehead atoms. The lowest BCUT2D eigenvalue weighted by molar-refractivity contribution is -0.115. The molecule has 0 saturated carbocycles. The summed E-state index contributed by atoms with van der Waals surface area (Å²) in [6.07, 6.45) is 1.00. The van der Waals surface area contributed by atoms with Crippen molar-refractivity contribution in [3.63, 3.8) is 0 Å². The van der Waals surface area contributed by atoms with Crippen molar-refractivity contribution in [1.82, 2.24) is 4.90 Å². The van der Waals surface area contributed by atoms with Gasteiger partial charge in [0.25, 0.3) is 0 Å². The maximum atomic E-state index is 10.1. The molecular weight excluding hydrogens is 109 g/mol. The topological polar surface area (TPSA) is 20.3 Å². The molecule has 0 aromatic rings. The summed E-state index contributed by atoms with van der Waals surface area (Å²) in [4.78, 5) is 10.9. The molecule has 0 unspecified atom stereocenters. The first-order valence-electron chi connectivity index (χ1n) is 2.01. The van der Waals surface area contributed by atoms with Crippen molar-refractivity contribution >= 4 is 6.41 Å². The highest BCUT2D eigenvalue weighted by molar-refractivity contribution is 5.45. The van der Waals surface area contributed by atoms with Crippen LogP contribution in [0.3, 0.4) is 0 Å². The van der Waals surface area contributed by atoms with Crippen molar-refractivity contribution in [2.75, 3.05) is 14.1 Å². The highest BCUT2D eigenvalue weighted by atomic mass is 19.1. The monoisotopic (exact) mass is 119 g/mol. The number of nitrogens with zero attached hydrogens (tertiary/aromatic N) is 1. The third-order valence-electron chi connectivity index (χ3n) is 0.211. The fourth-order valence-electron chi connectivity index (χ4n) is 0. The molecule has 0 atom stereocenters. The van der Waals surface area contributed by atoms with Crippen molar-refractivity contribution in [3.8, 4) is 0 Å². The van der Waals surface area contributed by atoms with Gasteiger partial charge in [-0.3, -0.25) is 4.79 Å². The Labute approximate surface area is 48.6 Å². The number of hydrogen-bond acceptors (Lipinski definition) is 1. The van der Waals surface area contributed by atoms with Crippen LogP contribution in [-0.2, 0) is 4.79 Å². The van der Waals surface area contributed by atoms with Crippen LogP contribution in [0.4, 0.5) is 4.39 Å². The SMILES string of the molecule is C=CF.CN(C)C=O. The van der Waals surface area contributed by atoms with E-state index in [0.717, 1.165) is 6.41 Å². The average Bonchev–Trinajstić information content (AvgIpc) is 1.69. The third kappa shape index (κ3) is 67.8. The van der Waals surface area contributed by atoms with Crippen molar-refractivity contribution < 1.29 is 9.18 Å². The van der Waals surface area contributed by atoms with Crippen LogP contribution >= 0.6 is 0 Å². The third-order valence-corrected chi connectivity index (χ3v) is 0.211. The molecule has 0 aromatic heterocycles. The number of carbonyl (C=O) groups excluding carboxylic acids is 1. The Hall–Kier alpha value is -0.860. The van der Waals surface area contributed by atoms with E-state index in [2.05, 4.69) is 6.58 Å². The summed E-state index contributed by atoms with van der Waals surface area (Å²) < 4.78 is 10.1. The van der Waals surface area contributed by atoms with E-state index in [1.807, 2.05) is 0 Å². The fourth-order valence-corrected chi connectivity index (χ4v) is 0. The molecule has 1 amide bonds. The van der Waals surface area contributed by atoms with E-state index in [-0.39, 0.29) is 6.33 Å². The lowest BCUT2D eigenvalue weighted by Gasteiger charge is -1.93. The predicted molar refractivity (Wildman–Crippen MR) is 31.1 cm³/mol. The molecule has 8 heavy (non-hydrogen) atoms. The Balaban J connectivity index is 0. The van der Waals surface area contributed by atoms with Gasteiger partial charge in [-0.15, -0.1) is 0 Å². The fraction of sp³-hybridized carbons (Fsp3) is 0.400. The van der Waals surface area contributed by atoms with Gasteiger partial charge >= 0.3 is 0 Å². The quantitative estimate of drug-likeness (QED) is 0.467. The molecule has 2 nitrogen and oxygen atoms in total. The van der Waals surface area contributed by atoms with Crippen LogP contribution in [0, 0.1) is 0 Å². The van der Waals surface area contributed by atoms with Gasteiger partial charge in [0.2, 0.25) is 6.41 Å².